The number of H-pyrrole nitrogens is 1. The Morgan fingerprint density at radius 3 is 2.54 bits per heavy atom. The average Bonchev–Trinajstić information content (AvgIpc) is 2.62. The Labute approximate surface area is 152 Å². The Morgan fingerprint density at radius 2 is 1.85 bits per heavy atom. The molecule has 3 aromatic rings. The number of anilines is 1. The lowest BCUT2D eigenvalue weighted by atomic mass is 10.0. The second-order valence-electron chi connectivity index (χ2n) is 6.08. The van der Waals surface area contributed by atoms with Crippen LogP contribution in [0.25, 0.3) is 10.9 Å². The number of fused-ring (bicyclic) bond motifs is 1. The number of aryl methyl sites for hydroxylation is 1. The molecule has 0 aliphatic carbocycles. The van der Waals surface area contributed by atoms with Gasteiger partial charge in [0.2, 0.25) is 5.56 Å². The minimum Gasteiger partial charge on any atom is -0.494 e. The van der Waals surface area contributed by atoms with Gasteiger partial charge in [-0.15, -0.1) is 0 Å². The lowest BCUT2D eigenvalue weighted by molar-refractivity contribution is 0.102. The molecular formula is C21H22N2O3. The van der Waals surface area contributed by atoms with Crippen LogP contribution in [0.15, 0.2) is 53.3 Å². The number of rotatable bonds is 6. The maximum absolute atomic E-state index is 12.4. The van der Waals surface area contributed by atoms with Gasteiger partial charge in [0.25, 0.3) is 5.91 Å². The van der Waals surface area contributed by atoms with E-state index in [1.807, 2.05) is 19.1 Å². The molecule has 0 unspecified atom stereocenters. The molecular weight excluding hydrogens is 328 g/mol. The number of aromatic nitrogens is 1. The van der Waals surface area contributed by atoms with Gasteiger partial charge in [0.05, 0.1) is 12.1 Å². The zero-order chi connectivity index (χ0) is 18.5. The first kappa shape index (κ1) is 17.7. The van der Waals surface area contributed by atoms with Gasteiger partial charge in [-0.3, -0.25) is 9.59 Å². The van der Waals surface area contributed by atoms with E-state index in [0.29, 0.717) is 17.9 Å². The number of aromatic amines is 1. The summed E-state index contributed by atoms with van der Waals surface area (Å²) in [5.74, 6) is 0.523. The lowest BCUT2D eigenvalue weighted by Gasteiger charge is -2.09. The minimum atomic E-state index is -0.209. The standard InChI is InChI=1S/C21H22N2O3/c1-3-5-15-12-20(24)23-19-13-16(8-11-18(15)19)22-21(25)14-6-9-17(10-7-14)26-4-2/h6-13H,3-5H2,1-2H3,(H,22,25)(H,23,24). The van der Waals surface area contributed by atoms with Crippen LogP contribution in [0, 0.1) is 0 Å². The number of amides is 1. The summed E-state index contributed by atoms with van der Waals surface area (Å²) in [6, 6.07) is 14.2. The fourth-order valence-electron chi connectivity index (χ4n) is 2.96. The van der Waals surface area contributed by atoms with E-state index in [1.54, 1.807) is 36.4 Å². The molecule has 26 heavy (non-hydrogen) atoms. The van der Waals surface area contributed by atoms with E-state index in [0.717, 1.165) is 35.1 Å². The molecule has 0 aliphatic rings. The van der Waals surface area contributed by atoms with Gasteiger partial charge in [-0.05, 0) is 55.3 Å². The largest absolute Gasteiger partial charge is 0.494 e. The number of carbonyl (C=O) groups excluding carboxylic acids is 1. The predicted molar refractivity (Wildman–Crippen MR) is 104 cm³/mol. The van der Waals surface area contributed by atoms with Crippen LogP contribution in [0.4, 0.5) is 5.69 Å². The van der Waals surface area contributed by atoms with Crippen LogP contribution in [0.1, 0.15) is 36.2 Å². The molecule has 0 aliphatic heterocycles. The highest BCUT2D eigenvalue weighted by molar-refractivity contribution is 6.05. The highest BCUT2D eigenvalue weighted by Crippen LogP contribution is 2.21. The van der Waals surface area contributed by atoms with Crippen molar-refractivity contribution < 1.29 is 9.53 Å². The third kappa shape index (κ3) is 3.94. The van der Waals surface area contributed by atoms with Gasteiger partial charge in [0.15, 0.2) is 0 Å². The van der Waals surface area contributed by atoms with Crippen molar-refractivity contribution in [2.24, 2.45) is 0 Å². The molecule has 5 heteroatoms. The predicted octanol–water partition coefficient (Wildman–Crippen LogP) is 4.13. The lowest BCUT2D eigenvalue weighted by Crippen LogP contribution is -2.12. The average molecular weight is 350 g/mol. The highest BCUT2D eigenvalue weighted by atomic mass is 16.5. The van der Waals surface area contributed by atoms with Gasteiger partial charge in [-0.1, -0.05) is 19.4 Å². The van der Waals surface area contributed by atoms with Crippen molar-refractivity contribution in [1.82, 2.24) is 4.98 Å². The Bertz CT molecular complexity index is 975. The second kappa shape index (κ2) is 7.87. The fourth-order valence-corrected chi connectivity index (χ4v) is 2.96. The fraction of sp³-hybridized carbons (Fsp3) is 0.238. The van der Waals surface area contributed by atoms with Gasteiger partial charge in [0, 0.05) is 22.7 Å². The highest BCUT2D eigenvalue weighted by Gasteiger charge is 2.09. The quantitative estimate of drug-likeness (QED) is 0.702. The topological polar surface area (TPSA) is 71.2 Å². The normalized spacial score (nSPS) is 10.7. The Kier molecular flexibility index (Phi) is 5.37. The van der Waals surface area contributed by atoms with Crippen LogP contribution in [0.3, 0.4) is 0 Å². The van der Waals surface area contributed by atoms with Crippen LogP contribution in [0.2, 0.25) is 0 Å². The number of hydrogen-bond acceptors (Lipinski definition) is 3. The Balaban J connectivity index is 1.84. The van der Waals surface area contributed by atoms with Crippen molar-refractivity contribution in [2.45, 2.75) is 26.7 Å². The molecule has 1 aromatic heterocycles. The molecule has 0 atom stereocenters. The molecule has 3 rings (SSSR count). The van der Waals surface area contributed by atoms with Crippen LogP contribution in [-0.4, -0.2) is 17.5 Å². The molecule has 0 saturated carbocycles. The van der Waals surface area contributed by atoms with Crippen LogP contribution in [-0.2, 0) is 6.42 Å². The van der Waals surface area contributed by atoms with Crippen molar-refractivity contribution in [3.05, 3.63) is 70.0 Å². The Hall–Kier alpha value is -3.08. The molecule has 2 N–H and O–H groups in total. The molecule has 0 radical (unpaired) electrons. The van der Waals surface area contributed by atoms with Gasteiger partial charge in [-0.2, -0.15) is 0 Å². The molecule has 0 saturated heterocycles. The van der Waals surface area contributed by atoms with E-state index < -0.39 is 0 Å². The molecule has 1 heterocycles. The van der Waals surface area contributed by atoms with E-state index in [9.17, 15) is 9.59 Å². The SMILES string of the molecule is CCCc1cc(=O)[nH]c2cc(NC(=O)c3ccc(OCC)cc3)ccc12. The molecule has 5 nitrogen and oxygen atoms in total. The molecule has 0 bridgehead atoms. The maximum atomic E-state index is 12.4. The summed E-state index contributed by atoms with van der Waals surface area (Å²) in [5, 5.41) is 3.88. The molecule has 0 spiro atoms. The molecule has 0 fully saturated rings. The second-order valence-corrected chi connectivity index (χ2v) is 6.08. The van der Waals surface area contributed by atoms with E-state index in [1.165, 1.54) is 0 Å². The summed E-state index contributed by atoms with van der Waals surface area (Å²) in [6.45, 7) is 4.58. The van der Waals surface area contributed by atoms with Gasteiger partial charge >= 0.3 is 0 Å². The van der Waals surface area contributed by atoms with Gasteiger partial charge < -0.3 is 15.0 Å². The monoisotopic (exact) mass is 350 g/mol. The number of pyridine rings is 1. The zero-order valence-electron chi connectivity index (χ0n) is 15.0. The van der Waals surface area contributed by atoms with Crippen molar-refractivity contribution in [3.8, 4) is 5.75 Å². The summed E-state index contributed by atoms with van der Waals surface area (Å²) in [5.41, 5.74) is 2.81. The molecule has 1 amide bonds. The number of nitrogens with one attached hydrogen (secondary N) is 2. The van der Waals surface area contributed by atoms with E-state index in [-0.39, 0.29) is 11.5 Å². The van der Waals surface area contributed by atoms with Crippen molar-refractivity contribution in [2.75, 3.05) is 11.9 Å². The first-order valence-corrected chi connectivity index (χ1v) is 8.81. The number of ether oxygens (including phenoxy) is 1. The van der Waals surface area contributed by atoms with E-state index >= 15 is 0 Å². The maximum Gasteiger partial charge on any atom is 0.255 e. The third-order valence-corrected chi connectivity index (χ3v) is 4.13. The molecule has 2 aromatic carbocycles. The summed E-state index contributed by atoms with van der Waals surface area (Å²) < 4.78 is 5.38. The van der Waals surface area contributed by atoms with Crippen molar-refractivity contribution >= 4 is 22.5 Å². The summed E-state index contributed by atoms with van der Waals surface area (Å²) in [4.78, 5) is 27.1. The third-order valence-electron chi connectivity index (χ3n) is 4.13. The van der Waals surface area contributed by atoms with Crippen LogP contribution < -0.4 is 15.6 Å². The summed E-state index contributed by atoms with van der Waals surface area (Å²) >= 11 is 0. The number of carbonyl (C=O) groups is 1. The zero-order valence-corrected chi connectivity index (χ0v) is 15.0. The van der Waals surface area contributed by atoms with E-state index in [4.69, 9.17) is 4.74 Å². The van der Waals surface area contributed by atoms with Crippen LogP contribution in [0.5, 0.6) is 5.75 Å². The first-order valence-electron chi connectivity index (χ1n) is 8.81. The summed E-state index contributed by atoms with van der Waals surface area (Å²) in [6.07, 6.45) is 1.81. The van der Waals surface area contributed by atoms with Crippen molar-refractivity contribution in [1.29, 1.82) is 0 Å². The molecule has 134 valence electrons. The Morgan fingerprint density at radius 1 is 1.08 bits per heavy atom. The first-order chi connectivity index (χ1) is 12.6. The summed E-state index contributed by atoms with van der Waals surface area (Å²) in [7, 11) is 0. The van der Waals surface area contributed by atoms with E-state index in [2.05, 4.69) is 17.2 Å². The number of benzene rings is 2. The van der Waals surface area contributed by atoms with Gasteiger partial charge in [0.1, 0.15) is 5.75 Å². The van der Waals surface area contributed by atoms with Gasteiger partial charge in [-0.25, -0.2) is 0 Å². The smallest absolute Gasteiger partial charge is 0.255 e. The van der Waals surface area contributed by atoms with Crippen molar-refractivity contribution in [3.63, 3.8) is 0 Å². The van der Waals surface area contributed by atoms with Crippen LogP contribution >= 0.6 is 0 Å². The minimum absolute atomic E-state index is 0.129. The number of hydrogen-bond donors (Lipinski definition) is 2.